The van der Waals surface area contributed by atoms with Crippen LogP contribution in [0.15, 0.2) is 54.7 Å². The summed E-state index contributed by atoms with van der Waals surface area (Å²) in [5, 5.41) is 5.21. The Morgan fingerprint density at radius 3 is 2.67 bits per heavy atom. The van der Waals surface area contributed by atoms with Crippen LogP contribution in [-0.4, -0.2) is 18.6 Å². The van der Waals surface area contributed by atoms with E-state index in [0.717, 1.165) is 28.9 Å². The molecule has 3 heteroatoms. The summed E-state index contributed by atoms with van der Waals surface area (Å²) in [6, 6.07) is 16.6. The van der Waals surface area contributed by atoms with Crippen LogP contribution in [0.2, 0.25) is 5.02 Å². The fraction of sp³-hybridized carbons (Fsp3) is 0.222. The van der Waals surface area contributed by atoms with Gasteiger partial charge in [-0.15, -0.1) is 0 Å². The zero-order valence-corrected chi connectivity index (χ0v) is 12.8. The van der Waals surface area contributed by atoms with Gasteiger partial charge in [0, 0.05) is 23.0 Å². The normalized spacial score (nSPS) is 12.7. The van der Waals surface area contributed by atoms with Gasteiger partial charge in [-0.25, -0.2) is 0 Å². The van der Waals surface area contributed by atoms with Crippen LogP contribution in [-0.2, 0) is 0 Å². The van der Waals surface area contributed by atoms with Gasteiger partial charge in [0.25, 0.3) is 0 Å². The molecule has 0 amide bonds. The number of halogens is 1. The molecule has 0 spiro atoms. The van der Waals surface area contributed by atoms with Crippen LogP contribution in [0.5, 0.6) is 0 Å². The number of H-pyrrole nitrogens is 1. The average Bonchev–Trinajstić information content (AvgIpc) is 2.94. The molecule has 3 aromatic rings. The summed E-state index contributed by atoms with van der Waals surface area (Å²) in [6.45, 7) is 0.969. The second-order valence-electron chi connectivity index (χ2n) is 5.26. The molecule has 0 bridgehead atoms. The van der Waals surface area contributed by atoms with E-state index in [-0.39, 0.29) is 0 Å². The molecule has 0 aliphatic rings. The van der Waals surface area contributed by atoms with Gasteiger partial charge in [-0.2, -0.15) is 0 Å². The standard InChI is InChI=1S/C18H19ClN2/c1-20-11-10-14(13-6-3-2-4-7-13)15-12-21-17-9-5-8-16(19)18(15)17/h2-9,12,14,20-21H,10-11H2,1H3/t14-/m1/s1. The summed E-state index contributed by atoms with van der Waals surface area (Å²) in [4.78, 5) is 3.35. The van der Waals surface area contributed by atoms with Gasteiger partial charge in [-0.3, -0.25) is 0 Å². The van der Waals surface area contributed by atoms with Crippen molar-refractivity contribution in [3.63, 3.8) is 0 Å². The number of fused-ring (bicyclic) bond motifs is 1. The lowest BCUT2D eigenvalue weighted by Gasteiger charge is -2.17. The summed E-state index contributed by atoms with van der Waals surface area (Å²) in [6.07, 6.45) is 3.14. The minimum atomic E-state index is 0.340. The summed E-state index contributed by atoms with van der Waals surface area (Å²) < 4.78 is 0. The molecule has 1 heterocycles. The van der Waals surface area contributed by atoms with E-state index in [1.165, 1.54) is 11.1 Å². The van der Waals surface area contributed by atoms with E-state index < -0.39 is 0 Å². The Morgan fingerprint density at radius 1 is 1.10 bits per heavy atom. The molecule has 0 aliphatic carbocycles. The minimum absolute atomic E-state index is 0.340. The monoisotopic (exact) mass is 298 g/mol. The second kappa shape index (κ2) is 6.33. The topological polar surface area (TPSA) is 27.8 Å². The quantitative estimate of drug-likeness (QED) is 0.710. The predicted molar refractivity (Wildman–Crippen MR) is 90.1 cm³/mol. The van der Waals surface area contributed by atoms with Gasteiger partial charge in [0.15, 0.2) is 0 Å². The molecule has 0 aliphatic heterocycles. The largest absolute Gasteiger partial charge is 0.361 e. The summed E-state index contributed by atoms with van der Waals surface area (Å²) in [5.41, 5.74) is 3.70. The fourth-order valence-electron chi connectivity index (χ4n) is 2.92. The molecule has 1 aromatic heterocycles. The highest BCUT2D eigenvalue weighted by atomic mass is 35.5. The van der Waals surface area contributed by atoms with E-state index in [1.807, 2.05) is 19.2 Å². The second-order valence-corrected chi connectivity index (χ2v) is 5.67. The number of benzene rings is 2. The Morgan fingerprint density at radius 2 is 1.90 bits per heavy atom. The van der Waals surface area contributed by atoms with Crippen molar-refractivity contribution in [2.24, 2.45) is 0 Å². The maximum absolute atomic E-state index is 6.43. The number of hydrogen-bond acceptors (Lipinski definition) is 1. The van der Waals surface area contributed by atoms with Crippen LogP contribution in [0.4, 0.5) is 0 Å². The first kappa shape index (κ1) is 14.2. The Labute approximate surface area is 130 Å². The molecule has 0 unspecified atom stereocenters. The first-order valence-corrected chi connectivity index (χ1v) is 7.64. The van der Waals surface area contributed by atoms with Gasteiger partial charge in [-0.05, 0) is 43.3 Å². The maximum Gasteiger partial charge on any atom is 0.0502 e. The zero-order chi connectivity index (χ0) is 14.7. The van der Waals surface area contributed by atoms with Crippen molar-refractivity contribution in [1.82, 2.24) is 10.3 Å². The molecular weight excluding hydrogens is 280 g/mol. The van der Waals surface area contributed by atoms with Crippen molar-refractivity contribution >= 4 is 22.5 Å². The molecule has 0 fully saturated rings. The van der Waals surface area contributed by atoms with Gasteiger partial charge in [0.2, 0.25) is 0 Å². The third-order valence-electron chi connectivity index (χ3n) is 3.95. The molecule has 108 valence electrons. The first-order chi connectivity index (χ1) is 10.3. The molecule has 1 atom stereocenters. The first-order valence-electron chi connectivity index (χ1n) is 7.26. The third-order valence-corrected chi connectivity index (χ3v) is 4.26. The van der Waals surface area contributed by atoms with Crippen LogP contribution in [0.1, 0.15) is 23.5 Å². The molecule has 2 nitrogen and oxygen atoms in total. The van der Waals surface area contributed by atoms with Gasteiger partial charge in [0.1, 0.15) is 0 Å². The van der Waals surface area contributed by atoms with E-state index in [1.54, 1.807) is 0 Å². The number of nitrogens with one attached hydrogen (secondary N) is 2. The number of aromatic nitrogens is 1. The molecule has 21 heavy (non-hydrogen) atoms. The third kappa shape index (κ3) is 2.82. The van der Waals surface area contributed by atoms with Gasteiger partial charge in [-0.1, -0.05) is 48.0 Å². The number of hydrogen-bond donors (Lipinski definition) is 2. The van der Waals surface area contributed by atoms with E-state index in [2.05, 4.69) is 52.9 Å². The predicted octanol–water partition coefficient (Wildman–Crippen LogP) is 4.56. The van der Waals surface area contributed by atoms with Gasteiger partial charge in [0.05, 0.1) is 5.02 Å². The highest BCUT2D eigenvalue weighted by Crippen LogP contribution is 2.36. The Kier molecular flexibility index (Phi) is 4.28. The van der Waals surface area contributed by atoms with E-state index in [4.69, 9.17) is 11.6 Å². The molecule has 2 N–H and O–H groups in total. The average molecular weight is 299 g/mol. The van der Waals surface area contributed by atoms with Crippen LogP contribution >= 0.6 is 11.6 Å². The smallest absolute Gasteiger partial charge is 0.0502 e. The Balaban J connectivity index is 2.10. The van der Waals surface area contributed by atoms with Crippen molar-refractivity contribution in [1.29, 1.82) is 0 Å². The maximum atomic E-state index is 6.43. The van der Waals surface area contributed by atoms with Crippen molar-refractivity contribution in [2.75, 3.05) is 13.6 Å². The van der Waals surface area contributed by atoms with Crippen molar-refractivity contribution < 1.29 is 0 Å². The lowest BCUT2D eigenvalue weighted by molar-refractivity contribution is 0.664. The molecule has 3 rings (SSSR count). The lowest BCUT2D eigenvalue weighted by atomic mass is 9.88. The summed E-state index contributed by atoms with van der Waals surface area (Å²) >= 11 is 6.43. The van der Waals surface area contributed by atoms with E-state index in [0.29, 0.717) is 5.92 Å². The molecule has 0 saturated heterocycles. The SMILES string of the molecule is CNCC[C@H](c1ccccc1)c1c[nH]c2cccc(Cl)c12. The van der Waals surface area contributed by atoms with Crippen molar-refractivity contribution in [3.05, 3.63) is 70.9 Å². The summed E-state index contributed by atoms with van der Waals surface area (Å²) in [7, 11) is 1.99. The van der Waals surface area contributed by atoms with E-state index >= 15 is 0 Å². The highest BCUT2D eigenvalue weighted by molar-refractivity contribution is 6.35. The van der Waals surface area contributed by atoms with E-state index in [9.17, 15) is 0 Å². The van der Waals surface area contributed by atoms with Gasteiger partial charge >= 0.3 is 0 Å². The van der Waals surface area contributed by atoms with Crippen LogP contribution in [0.25, 0.3) is 10.9 Å². The molecule has 2 aromatic carbocycles. The van der Waals surface area contributed by atoms with Crippen LogP contribution in [0, 0.1) is 0 Å². The number of aromatic amines is 1. The lowest BCUT2D eigenvalue weighted by Crippen LogP contribution is -2.13. The molecular formula is C18H19ClN2. The van der Waals surface area contributed by atoms with Crippen LogP contribution < -0.4 is 5.32 Å². The number of rotatable bonds is 5. The molecule has 0 radical (unpaired) electrons. The Bertz CT molecular complexity index is 718. The summed E-state index contributed by atoms with van der Waals surface area (Å²) in [5.74, 6) is 0.340. The van der Waals surface area contributed by atoms with Crippen molar-refractivity contribution in [3.8, 4) is 0 Å². The molecule has 0 saturated carbocycles. The highest BCUT2D eigenvalue weighted by Gasteiger charge is 2.18. The minimum Gasteiger partial charge on any atom is -0.361 e. The zero-order valence-electron chi connectivity index (χ0n) is 12.1. The Hall–Kier alpha value is -1.77. The van der Waals surface area contributed by atoms with Crippen LogP contribution in [0.3, 0.4) is 0 Å². The van der Waals surface area contributed by atoms with Gasteiger partial charge < -0.3 is 10.3 Å². The fourth-order valence-corrected chi connectivity index (χ4v) is 3.20. The van der Waals surface area contributed by atoms with Crippen molar-refractivity contribution in [2.45, 2.75) is 12.3 Å².